The largest absolute Gasteiger partial charge is 0.458 e. The van der Waals surface area contributed by atoms with Gasteiger partial charge in [-0.05, 0) is 79.9 Å². The van der Waals surface area contributed by atoms with Gasteiger partial charge in [-0.25, -0.2) is 0 Å². The van der Waals surface area contributed by atoms with Crippen LogP contribution in [0.5, 0.6) is 0 Å². The predicted octanol–water partition coefficient (Wildman–Crippen LogP) is 5.70. The van der Waals surface area contributed by atoms with E-state index in [-0.39, 0.29) is 23.5 Å². The van der Waals surface area contributed by atoms with E-state index in [1.807, 2.05) is 44.5 Å². The lowest BCUT2D eigenvalue weighted by Gasteiger charge is -2.34. The number of pyridine rings is 1. The Kier molecular flexibility index (Phi) is 9.68. The third kappa shape index (κ3) is 7.24. The molecule has 1 saturated heterocycles. The number of aliphatic hydroxyl groups is 2. The molecule has 2 fully saturated rings. The summed E-state index contributed by atoms with van der Waals surface area (Å²) in [6, 6.07) is 3.98. The summed E-state index contributed by atoms with van der Waals surface area (Å²) < 4.78 is 5.98. The van der Waals surface area contributed by atoms with E-state index >= 15 is 0 Å². The molecule has 0 unspecified atom stereocenters. The number of esters is 1. The van der Waals surface area contributed by atoms with Crippen LogP contribution in [-0.2, 0) is 14.3 Å². The average Bonchev–Trinajstić information content (AvgIpc) is 3.50. The van der Waals surface area contributed by atoms with Crippen molar-refractivity contribution in [2.24, 2.45) is 28.6 Å². The molecule has 0 aromatic carbocycles. The number of carbonyl (C=O) groups is 2. The highest BCUT2D eigenvalue weighted by atomic mass is 32.2. The molecule has 37 heavy (non-hydrogen) atoms. The fraction of sp³-hybridized carbons (Fsp3) is 0.700. The van der Waals surface area contributed by atoms with Gasteiger partial charge in [-0.1, -0.05) is 41.0 Å². The van der Waals surface area contributed by atoms with Gasteiger partial charge in [-0.2, -0.15) is 0 Å². The van der Waals surface area contributed by atoms with Crippen LogP contribution in [0.3, 0.4) is 0 Å². The van der Waals surface area contributed by atoms with Crippen LogP contribution in [0.4, 0.5) is 0 Å². The molecule has 206 valence electrons. The van der Waals surface area contributed by atoms with E-state index in [0.717, 1.165) is 48.3 Å². The highest BCUT2D eigenvalue weighted by molar-refractivity contribution is 7.98. The van der Waals surface area contributed by atoms with E-state index in [2.05, 4.69) is 11.9 Å². The van der Waals surface area contributed by atoms with E-state index < -0.39 is 35.6 Å². The summed E-state index contributed by atoms with van der Waals surface area (Å²) in [4.78, 5) is 31.9. The Labute approximate surface area is 226 Å². The lowest BCUT2D eigenvalue weighted by molar-refractivity contribution is -0.154. The molecule has 6 nitrogen and oxygen atoms in total. The number of ether oxygens (including phenoxy) is 1. The second-order valence-corrected chi connectivity index (χ2v) is 13.1. The Morgan fingerprint density at radius 1 is 1.19 bits per heavy atom. The van der Waals surface area contributed by atoms with Crippen molar-refractivity contribution in [3.8, 4) is 0 Å². The number of carbonyl (C=O) groups excluding carboxylic acids is 2. The molecule has 7 atom stereocenters. The maximum atomic E-state index is 13.3. The van der Waals surface area contributed by atoms with Crippen molar-refractivity contribution in [3.63, 3.8) is 0 Å². The molecule has 1 aliphatic heterocycles. The van der Waals surface area contributed by atoms with Crippen molar-refractivity contribution in [1.82, 2.24) is 4.98 Å². The van der Waals surface area contributed by atoms with Gasteiger partial charge >= 0.3 is 5.97 Å². The number of thioether (sulfide) groups is 1. The number of fused-ring (bicyclic) bond motifs is 1. The minimum atomic E-state index is -1.21. The minimum absolute atomic E-state index is 0.0199. The molecule has 2 N–H and O–H groups in total. The molecule has 7 heteroatoms. The van der Waals surface area contributed by atoms with Gasteiger partial charge in [-0.3, -0.25) is 14.6 Å². The van der Waals surface area contributed by atoms with Crippen molar-refractivity contribution < 1.29 is 24.5 Å². The lowest BCUT2D eigenvalue weighted by atomic mass is 9.73. The first-order valence-electron chi connectivity index (χ1n) is 13.6. The maximum Gasteiger partial charge on any atom is 0.309 e. The Morgan fingerprint density at radius 2 is 1.89 bits per heavy atom. The molecule has 3 rings (SSSR count). The number of aromatic nitrogens is 1. The monoisotopic (exact) mass is 531 g/mol. The number of rotatable bonds is 3. The normalized spacial score (nSPS) is 36.0. The molecule has 2 aliphatic rings. The topological polar surface area (TPSA) is 96.7 Å². The number of Topliss-reactive ketones (excluding diaryl/α,β-unsaturated/α-hetero) is 1. The second kappa shape index (κ2) is 12.0. The number of nitrogens with zero attached hydrogens (tertiary/aromatic N) is 1. The van der Waals surface area contributed by atoms with Crippen LogP contribution in [0.15, 0.2) is 28.8 Å². The summed E-state index contributed by atoms with van der Waals surface area (Å²) in [5.74, 6) is -0.964. The maximum absolute atomic E-state index is 13.3. The van der Waals surface area contributed by atoms with Crippen LogP contribution in [0.2, 0.25) is 0 Å². The summed E-state index contributed by atoms with van der Waals surface area (Å²) in [6.07, 6.45) is 7.80. The van der Waals surface area contributed by atoms with Crippen molar-refractivity contribution in [2.45, 2.75) is 103 Å². The molecule has 0 bridgehead atoms. The first kappa shape index (κ1) is 29.9. The first-order chi connectivity index (χ1) is 17.3. The molecular weight excluding hydrogens is 486 g/mol. The summed E-state index contributed by atoms with van der Waals surface area (Å²) in [7, 11) is 0. The molecule has 0 amide bonds. The van der Waals surface area contributed by atoms with E-state index in [9.17, 15) is 19.8 Å². The highest BCUT2D eigenvalue weighted by Gasteiger charge is 2.50. The van der Waals surface area contributed by atoms with Crippen LogP contribution in [0.25, 0.3) is 6.08 Å². The number of ketones is 1. The van der Waals surface area contributed by atoms with E-state index in [1.165, 1.54) is 0 Å². The van der Waals surface area contributed by atoms with Gasteiger partial charge in [0.2, 0.25) is 0 Å². The lowest BCUT2D eigenvalue weighted by Crippen LogP contribution is -2.45. The SMILES string of the molecule is CSc1ccc(C=C(C)[C@@H]2C[C@@H]3C[C@@]3(C)CCC[C@H](C)[C@H](O)[C@@H](C)C(=O)C(C)(C)[C@@H](O)CC(=O)O2)nc1. The Hall–Kier alpha value is -1.70. The van der Waals surface area contributed by atoms with Gasteiger partial charge in [0.05, 0.1) is 29.7 Å². The van der Waals surface area contributed by atoms with E-state index in [1.54, 1.807) is 32.5 Å². The molecule has 1 aliphatic carbocycles. The van der Waals surface area contributed by atoms with Crippen LogP contribution in [0, 0.1) is 28.6 Å². The quantitative estimate of drug-likeness (QED) is 0.382. The van der Waals surface area contributed by atoms with Crippen LogP contribution in [-0.4, -0.2) is 51.5 Å². The Balaban J connectivity index is 1.86. The van der Waals surface area contributed by atoms with Crippen molar-refractivity contribution in [2.75, 3.05) is 6.26 Å². The molecule has 0 spiro atoms. The Morgan fingerprint density at radius 3 is 2.51 bits per heavy atom. The second-order valence-electron chi connectivity index (χ2n) is 12.2. The first-order valence-corrected chi connectivity index (χ1v) is 14.8. The van der Waals surface area contributed by atoms with Gasteiger partial charge in [0.1, 0.15) is 11.9 Å². The number of aliphatic hydroxyl groups excluding tert-OH is 2. The molecule has 1 aromatic heterocycles. The van der Waals surface area contributed by atoms with Gasteiger partial charge in [0.15, 0.2) is 0 Å². The zero-order valence-corrected chi connectivity index (χ0v) is 24.3. The van der Waals surface area contributed by atoms with Gasteiger partial charge in [0, 0.05) is 17.0 Å². The molecule has 0 radical (unpaired) electrons. The number of hydrogen-bond donors (Lipinski definition) is 2. The summed E-state index contributed by atoms with van der Waals surface area (Å²) in [6.45, 7) is 11.3. The summed E-state index contributed by atoms with van der Waals surface area (Å²) in [5.41, 5.74) is 0.733. The zero-order valence-electron chi connectivity index (χ0n) is 23.5. The van der Waals surface area contributed by atoms with E-state index in [4.69, 9.17) is 4.74 Å². The summed E-state index contributed by atoms with van der Waals surface area (Å²) in [5, 5.41) is 21.8. The highest BCUT2D eigenvalue weighted by Crippen LogP contribution is 2.58. The molecule has 2 heterocycles. The van der Waals surface area contributed by atoms with Crippen molar-refractivity contribution in [1.29, 1.82) is 0 Å². The third-order valence-corrected chi connectivity index (χ3v) is 9.65. The van der Waals surface area contributed by atoms with Crippen LogP contribution < -0.4 is 0 Å². The third-order valence-electron chi connectivity index (χ3n) is 8.93. The van der Waals surface area contributed by atoms with Gasteiger partial charge in [-0.15, -0.1) is 11.8 Å². The summed E-state index contributed by atoms with van der Waals surface area (Å²) >= 11 is 1.64. The van der Waals surface area contributed by atoms with E-state index in [0.29, 0.717) is 5.92 Å². The smallest absolute Gasteiger partial charge is 0.309 e. The molecule has 1 saturated carbocycles. The fourth-order valence-corrected chi connectivity index (χ4v) is 6.07. The van der Waals surface area contributed by atoms with Gasteiger partial charge in [0.25, 0.3) is 0 Å². The minimum Gasteiger partial charge on any atom is -0.458 e. The van der Waals surface area contributed by atoms with Crippen molar-refractivity contribution >= 4 is 29.6 Å². The molecular formula is C30H45NO5S. The zero-order chi connectivity index (χ0) is 27.5. The van der Waals surface area contributed by atoms with Gasteiger partial charge < -0.3 is 14.9 Å². The molecule has 1 aromatic rings. The van der Waals surface area contributed by atoms with Crippen LogP contribution in [0.1, 0.15) is 85.8 Å². The van der Waals surface area contributed by atoms with Crippen molar-refractivity contribution in [3.05, 3.63) is 29.6 Å². The number of hydrogen-bond acceptors (Lipinski definition) is 7. The average molecular weight is 532 g/mol. The Bertz CT molecular complexity index is 990. The fourth-order valence-electron chi connectivity index (χ4n) is 5.70. The van der Waals surface area contributed by atoms with Crippen LogP contribution >= 0.6 is 11.8 Å². The number of cyclic esters (lactones) is 1. The predicted molar refractivity (Wildman–Crippen MR) is 148 cm³/mol. The standard InChI is InChI=1S/C30H45NO5S/c1-18-9-8-12-30(6)16-21(30)14-24(19(2)13-22-10-11-23(37-7)17-31-22)36-26(33)15-25(32)29(4,5)28(35)20(3)27(18)34/h10-11,13,17-18,20-21,24-25,27,32,34H,8-9,12,14-16H2,1-7H3/t18-,20+,21+,24-,25-,27-,30+/m0/s1.